The first kappa shape index (κ1) is 11.0. The first-order chi connectivity index (χ1) is 7.58. The third-order valence-electron chi connectivity index (χ3n) is 2.70. The number of carboxylic acid groups (broad SMARTS) is 1. The van der Waals surface area contributed by atoms with E-state index in [9.17, 15) is 4.79 Å². The molecule has 0 atom stereocenters. The van der Waals surface area contributed by atoms with Crippen LogP contribution in [0.15, 0.2) is 18.2 Å². The minimum absolute atomic E-state index is 0.209. The molecule has 0 radical (unpaired) electrons. The minimum Gasteiger partial charge on any atom is -0.490 e. The summed E-state index contributed by atoms with van der Waals surface area (Å²) in [6, 6.07) is 5.35. The van der Waals surface area contributed by atoms with Crippen LogP contribution < -0.4 is 4.74 Å². The lowest BCUT2D eigenvalue weighted by Gasteiger charge is -2.12. The number of aromatic carboxylic acids is 1. The normalized spacial score (nSPS) is 15.2. The Hall–Kier alpha value is -1.51. The van der Waals surface area contributed by atoms with Crippen molar-refractivity contribution in [3.8, 4) is 5.75 Å². The van der Waals surface area contributed by atoms with Gasteiger partial charge in [0.2, 0.25) is 0 Å². The Morgan fingerprint density at radius 1 is 1.44 bits per heavy atom. The molecule has 0 amide bonds. The maximum Gasteiger partial charge on any atom is 0.336 e. The monoisotopic (exact) mass is 220 g/mol. The lowest BCUT2D eigenvalue weighted by Crippen LogP contribution is -2.05. The number of carboxylic acids is 1. The highest BCUT2D eigenvalue weighted by molar-refractivity contribution is 5.90. The minimum atomic E-state index is -0.884. The Bertz CT molecular complexity index is 406. The molecule has 1 saturated carbocycles. The topological polar surface area (TPSA) is 46.5 Å². The van der Waals surface area contributed by atoms with E-state index in [1.807, 2.05) is 26.0 Å². The maximum absolute atomic E-state index is 11.1. The van der Waals surface area contributed by atoms with Crippen LogP contribution in [0.5, 0.6) is 5.75 Å². The Kier molecular flexibility index (Phi) is 2.86. The van der Waals surface area contributed by atoms with Gasteiger partial charge in [-0.2, -0.15) is 0 Å². The predicted molar refractivity (Wildman–Crippen MR) is 61.1 cm³/mol. The smallest absolute Gasteiger partial charge is 0.336 e. The van der Waals surface area contributed by atoms with Gasteiger partial charge in [0.15, 0.2) is 0 Å². The molecular formula is C13H16O3. The SMILES string of the molecule is CC(C)c1ccc(OC2CC2)cc1C(=O)O. The fourth-order valence-corrected chi connectivity index (χ4v) is 1.68. The molecule has 0 aromatic heterocycles. The van der Waals surface area contributed by atoms with Crippen LogP contribution in [-0.2, 0) is 0 Å². The zero-order chi connectivity index (χ0) is 11.7. The average Bonchev–Trinajstić information content (AvgIpc) is 3.01. The summed E-state index contributed by atoms with van der Waals surface area (Å²) < 4.78 is 5.59. The largest absolute Gasteiger partial charge is 0.490 e. The van der Waals surface area contributed by atoms with E-state index in [0.29, 0.717) is 17.4 Å². The van der Waals surface area contributed by atoms with Gasteiger partial charge in [-0.3, -0.25) is 0 Å². The summed E-state index contributed by atoms with van der Waals surface area (Å²) in [5.74, 6) is -0.00433. The third kappa shape index (κ3) is 2.35. The molecule has 0 saturated heterocycles. The summed E-state index contributed by atoms with van der Waals surface area (Å²) in [7, 11) is 0. The van der Waals surface area contributed by atoms with Gasteiger partial charge in [-0.1, -0.05) is 19.9 Å². The van der Waals surface area contributed by atoms with E-state index in [0.717, 1.165) is 18.4 Å². The number of carbonyl (C=O) groups is 1. The molecule has 16 heavy (non-hydrogen) atoms. The van der Waals surface area contributed by atoms with E-state index in [-0.39, 0.29) is 5.92 Å². The molecule has 86 valence electrons. The number of hydrogen-bond donors (Lipinski definition) is 1. The Morgan fingerprint density at radius 3 is 2.62 bits per heavy atom. The van der Waals surface area contributed by atoms with Crippen molar-refractivity contribution in [1.29, 1.82) is 0 Å². The van der Waals surface area contributed by atoms with E-state index in [1.165, 1.54) is 0 Å². The van der Waals surface area contributed by atoms with Crippen molar-refractivity contribution >= 4 is 5.97 Å². The molecule has 3 nitrogen and oxygen atoms in total. The number of ether oxygens (including phenoxy) is 1. The summed E-state index contributed by atoms with van der Waals surface area (Å²) in [5.41, 5.74) is 1.21. The standard InChI is InChI=1S/C13H16O3/c1-8(2)11-6-5-10(16-9-3-4-9)7-12(11)13(14)15/h5-9H,3-4H2,1-2H3,(H,14,15). The van der Waals surface area contributed by atoms with Crippen LogP contribution in [0.2, 0.25) is 0 Å². The Labute approximate surface area is 95.0 Å². The summed E-state index contributed by atoms with van der Waals surface area (Å²) >= 11 is 0. The molecule has 1 N–H and O–H groups in total. The number of benzene rings is 1. The third-order valence-corrected chi connectivity index (χ3v) is 2.70. The summed E-state index contributed by atoms with van der Waals surface area (Å²) in [4.78, 5) is 11.1. The molecule has 3 heteroatoms. The zero-order valence-electron chi connectivity index (χ0n) is 9.56. The predicted octanol–water partition coefficient (Wildman–Crippen LogP) is 3.05. The fourth-order valence-electron chi connectivity index (χ4n) is 1.68. The van der Waals surface area contributed by atoms with E-state index in [2.05, 4.69) is 0 Å². The van der Waals surface area contributed by atoms with Crippen LogP contribution in [-0.4, -0.2) is 17.2 Å². The van der Waals surface area contributed by atoms with E-state index < -0.39 is 5.97 Å². The van der Waals surface area contributed by atoms with Crippen LogP contribution in [0.1, 0.15) is 48.5 Å². The van der Waals surface area contributed by atoms with Gasteiger partial charge in [-0.05, 0) is 36.5 Å². The highest BCUT2D eigenvalue weighted by atomic mass is 16.5. The van der Waals surface area contributed by atoms with Gasteiger partial charge in [-0.15, -0.1) is 0 Å². The summed E-state index contributed by atoms with van der Waals surface area (Å²) in [6.45, 7) is 3.98. The molecule has 1 aliphatic carbocycles. The summed E-state index contributed by atoms with van der Waals surface area (Å²) in [6.07, 6.45) is 2.45. The Morgan fingerprint density at radius 2 is 2.12 bits per heavy atom. The van der Waals surface area contributed by atoms with Crippen LogP contribution >= 0.6 is 0 Å². The second-order valence-electron chi connectivity index (χ2n) is 4.53. The lowest BCUT2D eigenvalue weighted by molar-refractivity contribution is 0.0694. The molecule has 0 spiro atoms. The van der Waals surface area contributed by atoms with Crippen molar-refractivity contribution in [2.75, 3.05) is 0 Å². The van der Waals surface area contributed by atoms with Gasteiger partial charge in [0.1, 0.15) is 5.75 Å². The van der Waals surface area contributed by atoms with Crippen molar-refractivity contribution in [3.05, 3.63) is 29.3 Å². The van der Waals surface area contributed by atoms with Gasteiger partial charge in [0.05, 0.1) is 11.7 Å². The van der Waals surface area contributed by atoms with Crippen molar-refractivity contribution in [2.45, 2.75) is 38.7 Å². The van der Waals surface area contributed by atoms with E-state index in [1.54, 1.807) is 6.07 Å². The van der Waals surface area contributed by atoms with E-state index in [4.69, 9.17) is 9.84 Å². The first-order valence-electron chi connectivity index (χ1n) is 5.62. The second-order valence-corrected chi connectivity index (χ2v) is 4.53. The van der Waals surface area contributed by atoms with Crippen molar-refractivity contribution in [1.82, 2.24) is 0 Å². The van der Waals surface area contributed by atoms with E-state index >= 15 is 0 Å². The van der Waals surface area contributed by atoms with Gasteiger partial charge < -0.3 is 9.84 Å². The highest BCUT2D eigenvalue weighted by Crippen LogP contribution is 2.29. The molecule has 0 unspecified atom stereocenters. The van der Waals surface area contributed by atoms with Gasteiger partial charge in [0.25, 0.3) is 0 Å². The van der Waals surface area contributed by atoms with Crippen LogP contribution in [0.25, 0.3) is 0 Å². The first-order valence-corrected chi connectivity index (χ1v) is 5.62. The van der Waals surface area contributed by atoms with Crippen LogP contribution in [0.4, 0.5) is 0 Å². The second kappa shape index (κ2) is 4.16. The number of hydrogen-bond acceptors (Lipinski definition) is 2. The molecular weight excluding hydrogens is 204 g/mol. The van der Waals surface area contributed by atoms with Crippen molar-refractivity contribution in [2.24, 2.45) is 0 Å². The molecule has 0 aliphatic heterocycles. The highest BCUT2D eigenvalue weighted by Gasteiger charge is 2.24. The quantitative estimate of drug-likeness (QED) is 0.848. The molecule has 0 heterocycles. The molecule has 1 aliphatic rings. The molecule has 0 bridgehead atoms. The van der Waals surface area contributed by atoms with Crippen LogP contribution in [0.3, 0.4) is 0 Å². The average molecular weight is 220 g/mol. The van der Waals surface area contributed by atoms with Crippen molar-refractivity contribution < 1.29 is 14.6 Å². The molecule has 1 aromatic rings. The van der Waals surface area contributed by atoms with Gasteiger partial charge >= 0.3 is 5.97 Å². The lowest BCUT2D eigenvalue weighted by atomic mass is 9.97. The van der Waals surface area contributed by atoms with Gasteiger partial charge in [0, 0.05) is 0 Å². The summed E-state index contributed by atoms with van der Waals surface area (Å²) in [5, 5.41) is 9.13. The Balaban J connectivity index is 2.30. The van der Waals surface area contributed by atoms with Gasteiger partial charge in [-0.25, -0.2) is 4.79 Å². The molecule has 1 aromatic carbocycles. The molecule has 2 rings (SSSR count). The van der Waals surface area contributed by atoms with Crippen molar-refractivity contribution in [3.63, 3.8) is 0 Å². The zero-order valence-corrected chi connectivity index (χ0v) is 9.56. The van der Waals surface area contributed by atoms with Crippen LogP contribution in [0, 0.1) is 0 Å². The fraction of sp³-hybridized carbons (Fsp3) is 0.462. The number of rotatable bonds is 4. The molecule has 1 fully saturated rings. The maximum atomic E-state index is 11.1.